The number of anilines is 1. The second kappa shape index (κ2) is 5.46. The average molecular weight is 343 g/mol. The fourth-order valence-electron chi connectivity index (χ4n) is 2.28. The number of carbonyl (C=O) groups excluding carboxylic acids is 1. The molecule has 1 aromatic heterocycles. The lowest BCUT2D eigenvalue weighted by Crippen LogP contribution is -2.11. The van der Waals surface area contributed by atoms with Crippen molar-refractivity contribution in [3.63, 3.8) is 0 Å². The van der Waals surface area contributed by atoms with E-state index in [0.29, 0.717) is 27.7 Å². The number of nitrogens with one attached hydrogen (secondary N) is 1. The lowest BCUT2D eigenvalue weighted by molar-refractivity contribution is -0.384. The van der Waals surface area contributed by atoms with Crippen molar-refractivity contribution in [2.24, 2.45) is 0 Å². The molecule has 0 spiro atoms. The van der Waals surface area contributed by atoms with Gasteiger partial charge in [-0.1, -0.05) is 11.3 Å². The number of non-ortho nitro benzene ring substituents is 1. The molecular formula is C15H9N3O5S. The summed E-state index contributed by atoms with van der Waals surface area (Å²) in [5.74, 6) is 0.893. The number of benzene rings is 2. The number of nitrogens with zero attached hydrogens (tertiary/aromatic N) is 2. The molecule has 1 amide bonds. The lowest BCUT2D eigenvalue weighted by atomic mass is 10.2. The molecule has 0 aliphatic carbocycles. The van der Waals surface area contributed by atoms with Crippen LogP contribution in [-0.4, -0.2) is 22.6 Å². The second-order valence-corrected chi connectivity index (χ2v) is 5.98. The molecule has 9 heteroatoms. The van der Waals surface area contributed by atoms with Crippen molar-refractivity contribution in [2.75, 3.05) is 12.1 Å². The van der Waals surface area contributed by atoms with Crippen molar-refractivity contribution in [2.45, 2.75) is 0 Å². The molecule has 0 saturated heterocycles. The molecule has 1 aliphatic rings. The topological polar surface area (TPSA) is 104 Å². The zero-order valence-electron chi connectivity index (χ0n) is 12.0. The SMILES string of the molecule is O=C(Nc1nc2cc3c(cc2s1)OCO3)c1ccc([N+](=O)[O-])cc1. The molecule has 1 N–H and O–H groups in total. The number of amides is 1. The van der Waals surface area contributed by atoms with Gasteiger partial charge in [0.1, 0.15) is 0 Å². The number of ether oxygens (including phenoxy) is 2. The van der Waals surface area contributed by atoms with Crippen LogP contribution in [0.25, 0.3) is 10.2 Å². The Labute approximate surface area is 138 Å². The maximum absolute atomic E-state index is 12.2. The van der Waals surface area contributed by atoms with Gasteiger partial charge < -0.3 is 9.47 Å². The number of nitro groups is 1. The first kappa shape index (κ1) is 14.4. The van der Waals surface area contributed by atoms with E-state index in [0.717, 1.165) is 4.70 Å². The van der Waals surface area contributed by atoms with E-state index < -0.39 is 4.92 Å². The Balaban J connectivity index is 1.57. The molecule has 0 fully saturated rings. The van der Waals surface area contributed by atoms with E-state index in [4.69, 9.17) is 9.47 Å². The first-order chi connectivity index (χ1) is 11.6. The average Bonchev–Trinajstić information content (AvgIpc) is 3.17. The van der Waals surface area contributed by atoms with Gasteiger partial charge in [0, 0.05) is 29.8 Å². The van der Waals surface area contributed by atoms with Crippen LogP contribution in [0.5, 0.6) is 11.5 Å². The van der Waals surface area contributed by atoms with Gasteiger partial charge in [-0.15, -0.1) is 0 Å². The van der Waals surface area contributed by atoms with Gasteiger partial charge >= 0.3 is 0 Å². The van der Waals surface area contributed by atoms with Gasteiger partial charge in [-0.25, -0.2) is 4.98 Å². The van der Waals surface area contributed by atoms with Crippen LogP contribution >= 0.6 is 11.3 Å². The third kappa shape index (κ3) is 2.50. The minimum absolute atomic E-state index is 0.0685. The van der Waals surface area contributed by atoms with E-state index in [1.165, 1.54) is 35.6 Å². The van der Waals surface area contributed by atoms with Crippen LogP contribution in [-0.2, 0) is 0 Å². The number of carbonyl (C=O) groups is 1. The van der Waals surface area contributed by atoms with Crippen molar-refractivity contribution in [3.05, 3.63) is 52.1 Å². The summed E-state index contributed by atoms with van der Waals surface area (Å²) in [7, 11) is 0. The zero-order valence-corrected chi connectivity index (χ0v) is 12.8. The zero-order chi connectivity index (χ0) is 16.7. The van der Waals surface area contributed by atoms with Crippen LogP contribution in [0.1, 0.15) is 10.4 Å². The molecule has 2 heterocycles. The Morgan fingerprint density at radius 2 is 1.92 bits per heavy atom. The van der Waals surface area contributed by atoms with Crippen LogP contribution in [0.2, 0.25) is 0 Å². The van der Waals surface area contributed by atoms with E-state index in [-0.39, 0.29) is 18.4 Å². The summed E-state index contributed by atoms with van der Waals surface area (Å²) >= 11 is 1.31. The van der Waals surface area contributed by atoms with Crippen LogP contribution < -0.4 is 14.8 Å². The number of aromatic nitrogens is 1. The quantitative estimate of drug-likeness (QED) is 0.578. The first-order valence-corrected chi connectivity index (χ1v) is 7.68. The number of rotatable bonds is 3. The van der Waals surface area contributed by atoms with Gasteiger partial charge in [-0.05, 0) is 12.1 Å². The molecule has 2 aromatic carbocycles. The first-order valence-electron chi connectivity index (χ1n) is 6.86. The molecule has 1 aliphatic heterocycles. The smallest absolute Gasteiger partial charge is 0.269 e. The van der Waals surface area contributed by atoms with E-state index in [1.807, 2.05) is 6.07 Å². The Morgan fingerprint density at radius 1 is 1.21 bits per heavy atom. The fraction of sp³-hybridized carbons (Fsp3) is 0.0667. The summed E-state index contributed by atoms with van der Waals surface area (Å²) in [6.45, 7) is 0.191. The summed E-state index contributed by atoms with van der Waals surface area (Å²) in [6, 6.07) is 8.94. The molecule has 0 unspecified atom stereocenters. The number of thiazole rings is 1. The second-order valence-electron chi connectivity index (χ2n) is 4.95. The maximum Gasteiger partial charge on any atom is 0.269 e. The normalized spacial score (nSPS) is 12.3. The molecule has 0 radical (unpaired) electrons. The Bertz CT molecular complexity index is 926. The third-order valence-corrected chi connectivity index (χ3v) is 4.38. The van der Waals surface area contributed by atoms with Crippen molar-refractivity contribution in [3.8, 4) is 11.5 Å². The summed E-state index contributed by atoms with van der Waals surface area (Å²) < 4.78 is 11.5. The lowest BCUT2D eigenvalue weighted by Gasteiger charge is -2.00. The highest BCUT2D eigenvalue weighted by Gasteiger charge is 2.17. The molecule has 120 valence electrons. The largest absolute Gasteiger partial charge is 0.454 e. The maximum atomic E-state index is 12.2. The number of fused-ring (bicyclic) bond motifs is 2. The van der Waals surface area contributed by atoms with Gasteiger partial charge in [0.2, 0.25) is 6.79 Å². The standard InChI is InChI=1S/C15H9N3O5S/c19-14(8-1-3-9(4-2-8)18(20)21)17-15-16-10-5-11-12(23-7-22-11)6-13(10)24-15/h1-6H,7H2,(H,16,17,19). The molecule has 0 saturated carbocycles. The van der Waals surface area contributed by atoms with Crippen molar-refractivity contribution >= 4 is 38.3 Å². The number of hydrogen-bond donors (Lipinski definition) is 1. The molecule has 24 heavy (non-hydrogen) atoms. The highest BCUT2D eigenvalue weighted by Crippen LogP contribution is 2.39. The predicted octanol–water partition coefficient (Wildman–Crippen LogP) is 3.19. The Morgan fingerprint density at radius 3 is 2.62 bits per heavy atom. The van der Waals surface area contributed by atoms with Crippen LogP contribution in [0.4, 0.5) is 10.8 Å². The third-order valence-electron chi connectivity index (χ3n) is 3.44. The summed E-state index contributed by atoms with van der Waals surface area (Å²) in [5, 5.41) is 13.7. The number of hydrogen-bond acceptors (Lipinski definition) is 7. The molecule has 0 bridgehead atoms. The van der Waals surface area contributed by atoms with Crippen molar-refractivity contribution < 1.29 is 19.2 Å². The minimum atomic E-state index is -0.515. The van der Waals surface area contributed by atoms with Gasteiger partial charge in [0.25, 0.3) is 11.6 Å². The highest BCUT2D eigenvalue weighted by molar-refractivity contribution is 7.22. The van der Waals surface area contributed by atoms with Gasteiger partial charge in [-0.2, -0.15) is 0 Å². The minimum Gasteiger partial charge on any atom is -0.454 e. The van der Waals surface area contributed by atoms with Gasteiger partial charge in [0.05, 0.1) is 15.1 Å². The summed E-state index contributed by atoms with van der Waals surface area (Å²) in [4.78, 5) is 26.7. The summed E-state index contributed by atoms with van der Waals surface area (Å²) in [5.41, 5.74) is 0.943. The molecule has 3 aromatic rings. The highest BCUT2D eigenvalue weighted by atomic mass is 32.1. The summed E-state index contributed by atoms with van der Waals surface area (Å²) in [6.07, 6.45) is 0. The van der Waals surface area contributed by atoms with Crippen molar-refractivity contribution in [1.29, 1.82) is 0 Å². The predicted molar refractivity (Wildman–Crippen MR) is 86.8 cm³/mol. The molecular weight excluding hydrogens is 334 g/mol. The van der Waals surface area contributed by atoms with E-state index in [2.05, 4.69) is 10.3 Å². The molecule has 4 rings (SSSR count). The van der Waals surface area contributed by atoms with Gasteiger partial charge in [0.15, 0.2) is 16.6 Å². The Hall–Kier alpha value is -3.20. The van der Waals surface area contributed by atoms with E-state index >= 15 is 0 Å². The fourth-order valence-corrected chi connectivity index (χ4v) is 3.15. The van der Waals surface area contributed by atoms with Crippen LogP contribution in [0, 0.1) is 10.1 Å². The Kier molecular flexibility index (Phi) is 3.28. The van der Waals surface area contributed by atoms with Crippen LogP contribution in [0.15, 0.2) is 36.4 Å². The van der Waals surface area contributed by atoms with Crippen molar-refractivity contribution in [1.82, 2.24) is 4.98 Å². The molecule has 8 nitrogen and oxygen atoms in total. The van der Waals surface area contributed by atoms with E-state index in [9.17, 15) is 14.9 Å². The molecule has 0 atom stereocenters. The van der Waals surface area contributed by atoms with Crippen LogP contribution in [0.3, 0.4) is 0 Å². The number of nitro benzene ring substituents is 1. The van der Waals surface area contributed by atoms with E-state index in [1.54, 1.807) is 6.07 Å². The van der Waals surface area contributed by atoms with Gasteiger partial charge in [-0.3, -0.25) is 20.2 Å². The monoisotopic (exact) mass is 343 g/mol.